The summed E-state index contributed by atoms with van der Waals surface area (Å²) in [6, 6.07) is 20.5. The van der Waals surface area contributed by atoms with Crippen molar-refractivity contribution in [1.29, 1.82) is 0 Å². The second-order valence-corrected chi connectivity index (χ2v) is 95.2. The third-order valence-electron chi connectivity index (χ3n) is 13.9. The number of benzene rings is 2. The molecule has 0 aliphatic heterocycles. The van der Waals surface area contributed by atoms with Gasteiger partial charge in [-0.05, 0) is 92.4 Å². The van der Waals surface area contributed by atoms with Gasteiger partial charge in [0, 0.05) is 0 Å². The summed E-state index contributed by atoms with van der Waals surface area (Å²) in [5, 5.41) is 0. The van der Waals surface area contributed by atoms with E-state index in [1.165, 1.54) is 11.1 Å². The van der Waals surface area contributed by atoms with Gasteiger partial charge >= 0.3 is 124 Å². The Morgan fingerprint density at radius 2 is 0.255 bits per heavy atom. The predicted octanol–water partition coefficient (Wildman–Crippen LogP) is 11.7. The van der Waals surface area contributed by atoms with Crippen LogP contribution in [0.4, 0.5) is 0 Å². The first kappa shape index (κ1) is 143. The summed E-state index contributed by atoms with van der Waals surface area (Å²) in [5.74, 6) is 0. The van der Waals surface area contributed by atoms with Crippen molar-refractivity contribution < 1.29 is 220 Å². The van der Waals surface area contributed by atoms with Gasteiger partial charge in [-0.25, -0.2) is 0 Å². The molecule has 0 aliphatic carbocycles. The van der Waals surface area contributed by atoms with E-state index in [9.17, 15) is 0 Å². The molecule has 0 spiro atoms. The molecule has 2 aromatic rings. The summed E-state index contributed by atoms with van der Waals surface area (Å²) in [7, 11) is -15.4. The van der Waals surface area contributed by atoms with Crippen LogP contribution < -0.4 is 95.9 Å². The van der Waals surface area contributed by atoms with Crippen molar-refractivity contribution in [1.82, 2.24) is 19.6 Å². The summed E-state index contributed by atoms with van der Waals surface area (Å²) >= 11 is 0. The maximum absolute atomic E-state index is 4.86. The molecule has 0 amide bonds. The fraction of sp³-hybridized carbons (Fsp3) is 0.838. The second kappa shape index (κ2) is 75.5. The van der Waals surface area contributed by atoms with Crippen LogP contribution in [0.5, 0.6) is 0 Å². The van der Waals surface area contributed by atoms with Crippen LogP contribution in [0.25, 0.3) is 59.8 Å². The van der Waals surface area contributed by atoms with E-state index in [1.807, 2.05) is 36.4 Å². The summed E-state index contributed by atoms with van der Waals surface area (Å²) in [6.07, 6.45) is 0. The first-order valence-corrected chi connectivity index (χ1v) is 80.5. The van der Waals surface area contributed by atoms with Crippen LogP contribution in [-0.4, -0.2) is 275 Å². The summed E-state index contributed by atoms with van der Waals surface area (Å²) in [6.45, 7) is 111. The Morgan fingerprint density at radius 3 is 0.309 bits per heavy atom. The summed E-state index contributed by atoms with van der Waals surface area (Å²) in [5.41, 5.74) is 2.64. The molecule has 0 fully saturated rings. The minimum atomic E-state index is -1.28. The second-order valence-electron chi connectivity index (χ2n) is 39.3. The largest absolute Gasteiger partial charge is 4.00 e. The molecule has 16 nitrogen and oxygen atoms in total. The third kappa shape index (κ3) is 131. The molecule has 2 rings (SSSR count). The Labute approximate surface area is 863 Å². The van der Waals surface area contributed by atoms with Crippen LogP contribution >= 0.6 is 0 Å². The molecule has 110 heavy (non-hydrogen) atoms. The minimum absolute atomic E-state index is 0. The van der Waals surface area contributed by atoms with Gasteiger partial charge in [0.05, 0.1) is 0 Å². The average molecular weight is 3080 g/mol. The van der Waals surface area contributed by atoms with Crippen LogP contribution in [-0.2, 0) is 0 Å². The van der Waals surface area contributed by atoms with Crippen molar-refractivity contribution >= 4 is 98.8 Å². The minimum Gasteiger partial charge on any atom is -1.00 e. The van der Waals surface area contributed by atoms with Crippen molar-refractivity contribution in [2.24, 2.45) is 0 Å². The fourth-order valence-corrected chi connectivity index (χ4v) is 18.0. The van der Waals surface area contributed by atoms with E-state index >= 15 is 0 Å². The Morgan fingerprint density at radius 1 is 0.173 bits per heavy atom. The van der Waals surface area contributed by atoms with Gasteiger partial charge in [0.1, 0.15) is 0 Å². The SMILES string of the molecule is C[Si](C)(C)[N-]CCN(CC[N-][Si](C)(C)C)CC[N-][Si](C)(C)C.C[Si](C)(C)[N-]CCN(CC[N-][Si](C)(C)C)CC[N-][Si](C)(C)C.C[Si](C)(C)[N-]CCN(CC[N-][Si](C)(C)C)CC[N-][Si](C)(C)C.C[Si](C)(C)[N-]CCN(CC[N-][Si](C)(C)C)CC[N-][Si](C)(C)C.Cc1ccccc1.Cc1ccccc1.[I-].[I-].[I-].[I-].[U+4].[U+4].[U+4].[U+4]. The van der Waals surface area contributed by atoms with Gasteiger partial charge < -0.3 is 175 Å². The van der Waals surface area contributed by atoms with Crippen LogP contribution in [0.2, 0.25) is 236 Å². The Bertz CT molecular complexity index is 1820. The van der Waals surface area contributed by atoms with E-state index in [0.717, 1.165) is 157 Å². The number of halogens is 4. The normalized spacial score (nSPS) is 12.2. The zero-order valence-electron chi connectivity index (χ0n) is 78.4. The van der Waals surface area contributed by atoms with Crippen molar-refractivity contribution in [3.63, 3.8) is 0 Å². The van der Waals surface area contributed by atoms with Gasteiger partial charge in [0.2, 0.25) is 0 Å². The van der Waals surface area contributed by atoms with E-state index in [2.05, 4.69) is 293 Å². The zero-order valence-corrected chi connectivity index (χ0v) is 116. The van der Waals surface area contributed by atoms with Gasteiger partial charge in [0.15, 0.2) is 0 Å². The van der Waals surface area contributed by atoms with Crippen LogP contribution in [0.1, 0.15) is 11.1 Å². The molecule has 0 aromatic heterocycles. The summed E-state index contributed by atoms with van der Waals surface area (Å²) in [4.78, 5) is 68.4. The molecule has 0 radical (unpaired) electrons. The zero-order chi connectivity index (χ0) is 80.0. The van der Waals surface area contributed by atoms with Gasteiger partial charge in [-0.3, -0.25) is 0 Å². The Balaban J connectivity index is -0.000000107. The molecule has 36 heteroatoms. The van der Waals surface area contributed by atoms with E-state index in [0.29, 0.717) is 0 Å². The molecule has 2 aromatic carbocycles. The number of rotatable bonds is 48. The maximum Gasteiger partial charge on any atom is 4.00 e. The molecular weight excluding hydrogens is 2910 g/mol. The first-order chi connectivity index (χ1) is 45.9. The molecule has 0 atom stereocenters. The summed E-state index contributed by atoms with van der Waals surface area (Å²) < 4.78 is 0. The van der Waals surface area contributed by atoms with Crippen molar-refractivity contribution in [3.8, 4) is 0 Å². The maximum atomic E-state index is 4.86. The fourth-order valence-electron chi connectivity index (χ4n) is 8.73. The quantitative estimate of drug-likeness (QED) is 0.0472. The number of nitrogens with zero attached hydrogens (tertiary/aromatic N) is 16. The molecular formula is C74H172I4N16Si12U4. The molecule has 0 unspecified atom stereocenters. The van der Waals surface area contributed by atoms with Gasteiger partial charge in [0.25, 0.3) is 0 Å². The van der Waals surface area contributed by atoms with Crippen LogP contribution in [0, 0.1) is 138 Å². The molecule has 0 N–H and O–H groups in total. The van der Waals surface area contributed by atoms with Gasteiger partial charge in [-0.1, -0.05) is 406 Å². The van der Waals surface area contributed by atoms with Gasteiger partial charge in [-0.15, -0.1) is 78.5 Å². The first-order valence-electron chi connectivity index (χ1n) is 39.1. The van der Waals surface area contributed by atoms with Crippen molar-refractivity contribution in [3.05, 3.63) is 132 Å². The molecule has 0 aliphatic rings. The van der Waals surface area contributed by atoms with E-state index in [-0.39, 0.29) is 220 Å². The number of aryl methyl sites for hydroxylation is 2. The van der Waals surface area contributed by atoms with Gasteiger partial charge in [-0.2, -0.15) is 0 Å². The van der Waals surface area contributed by atoms with E-state index in [1.54, 1.807) is 0 Å². The average Bonchev–Trinajstić information content (AvgIpc) is 0.945. The Hall–Kier alpha value is 7.53. The molecule has 0 bridgehead atoms. The third-order valence-corrected chi connectivity index (χ3v) is 28.0. The smallest absolute Gasteiger partial charge is 1.00 e. The molecule has 0 saturated heterocycles. The molecule has 0 saturated carbocycles. The topological polar surface area (TPSA) is 182 Å². The number of hydrogen-bond donors (Lipinski definition) is 0. The standard InChI is InChI=1S/4C15H39N4Si3.2C7H8.4HI.4U/c4*1-20(2,3)16-10-13-19(14-11-17-21(4,5)6)15-12-18-22(7,8)9;2*1-7-5-3-2-4-6-7;;;;;;;;/h4*10-15H2,1-9H3;2*2-6H,1H3;4*1H;;;;/q4*-3;;;;;;;4*+4/p-4. The monoisotopic (exact) mass is 3080 g/mol. The molecule has 640 valence electrons. The predicted molar refractivity (Wildman–Crippen MR) is 507 cm³/mol. The van der Waals surface area contributed by atoms with E-state index in [4.69, 9.17) is 59.8 Å². The van der Waals surface area contributed by atoms with Crippen LogP contribution in [0.3, 0.4) is 0 Å². The molecule has 0 heterocycles. The van der Waals surface area contributed by atoms with Crippen molar-refractivity contribution in [2.45, 2.75) is 250 Å². The van der Waals surface area contributed by atoms with Crippen LogP contribution in [0.15, 0.2) is 60.7 Å². The number of hydrogen-bond acceptors (Lipinski definition) is 4. The van der Waals surface area contributed by atoms with E-state index < -0.39 is 98.8 Å². The van der Waals surface area contributed by atoms with Crippen molar-refractivity contribution in [2.75, 3.05) is 157 Å². The Kier molecular flexibility index (Phi) is 98.4.